The molecule has 0 aromatic heterocycles. The van der Waals surface area contributed by atoms with E-state index in [4.69, 9.17) is 0 Å². The lowest BCUT2D eigenvalue weighted by Gasteiger charge is -2.26. The minimum absolute atomic E-state index is 0.147. The molecular formula is C24H32N2O3S. The maximum absolute atomic E-state index is 13.0. The Morgan fingerprint density at radius 2 is 1.70 bits per heavy atom. The van der Waals surface area contributed by atoms with E-state index >= 15 is 0 Å². The smallest absolute Gasteiger partial charge is 0.251 e. The van der Waals surface area contributed by atoms with Crippen molar-refractivity contribution < 1.29 is 13.2 Å². The van der Waals surface area contributed by atoms with E-state index in [-0.39, 0.29) is 22.8 Å². The molecule has 0 aliphatic carbocycles. The Balaban J connectivity index is 1.81. The third-order valence-electron chi connectivity index (χ3n) is 5.75. The van der Waals surface area contributed by atoms with Crippen LogP contribution in [-0.4, -0.2) is 31.7 Å². The Hall–Kier alpha value is -2.18. The summed E-state index contributed by atoms with van der Waals surface area (Å²) < 4.78 is 27.5. The van der Waals surface area contributed by atoms with Crippen molar-refractivity contribution >= 4 is 15.9 Å². The number of nitrogens with zero attached hydrogens (tertiary/aromatic N) is 1. The van der Waals surface area contributed by atoms with Gasteiger partial charge in [-0.15, -0.1) is 0 Å². The molecule has 1 amide bonds. The molecule has 6 heteroatoms. The number of rotatable bonds is 7. The quantitative estimate of drug-likeness (QED) is 0.703. The van der Waals surface area contributed by atoms with Crippen molar-refractivity contribution in [3.63, 3.8) is 0 Å². The van der Waals surface area contributed by atoms with Gasteiger partial charge in [0, 0.05) is 18.7 Å². The van der Waals surface area contributed by atoms with Crippen LogP contribution in [0.25, 0.3) is 0 Å². The first-order valence-electron chi connectivity index (χ1n) is 10.8. The number of hydrogen-bond acceptors (Lipinski definition) is 3. The van der Waals surface area contributed by atoms with Crippen molar-refractivity contribution in [3.05, 3.63) is 65.2 Å². The molecule has 0 radical (unpaired) electrons. The number of carbonyl (C=O) groups is 1. The van der Waals surface area contributed by atoms with Crippen LogP contribution in [-0.2, 0) is 16.4 Å². The van der Waals surface area contributed by atoms with Gasteiger partial charge in [0.05, 0.1) is 10.9 Å². The predicted octanol–water partition coefficient (Wildman–Crippen LogP) is 4.55. The second-order valence-electron chi connectivity index (χ2n) is 8.28. The van der Waals surface area contributed by atoms with E-state index in [1.807, 2.05) is 0 Å². The van der Waals surface area contributed by atoms with Gasteiger partial charge in [-0.1, -0.05) is 57.5 Å². The Bertz CT molecular complexity index is 962. The summed E-state index contributed by atoms with van der Waals surface area (Å²) in [6.45, 7) is 7.33. The summed E-state index contributed by atoms with van der Waals surface area (Å²) in [6.07, 6.45) is 3.79. The van der Waals surface area contributed by atoms with Crippen LogP contribution in [0.2, 0.25) is 0 Å². The van der Waals surface area contributed by atoms with Gasteiger partial charge in [-0.25, -0.2) is 8.42 Å². The molecule has 0 spiro atoms. The minimum atomic E-state index is -3.57. The minimum Gasteiger partial charge on any atom is -0.345 e. The second-order valence-corrected chi connectivity index (χ2v) is 10.2. The van der Waals surface area contributed by atoms with Crippen molar-refractivity contribution in [1.29, 1.82) is 0 Å². The largest absolute Gasteiger partial charge is 0.345 e. The number of hydrogen-bond donors (Lipinski definition) is 1. The van der Waals surface area contributed by atoms with Gasteiger partial charge in [-0.05, 0) is 54.5 Å². The molecule has 1 aliphatic heterocycles. The summed E-state index contributed by atoms with van der Waals surface area (Å²) in [6, 6.07) is 14.5. The molecule has 162 valence electrons. The van der Waals surface area contributed by atoms with E-state index in [1.165, 1.54) is 15.9 Å². The first-order valence-corrected chi connectivity index (χ1v) is 12.3. The fourth-order valence-electron chi connectivity index (χ4n) is 3.87. The topological polar surface area (TPSA) is 66.5 Å². The predicted molar refractivity (Wildman–Crippen MR) is 120 cm³/mol. The van der Waals surface area contributed by atoms with Crippen LogP contribution in [0.5, 0.6) is 0 Å². The van der Waals surface area contributed by atoms with Crippen LogP contribution in [0.15, 0.2) is 53.4 Å². The zero-order valence-corrected chi connectivity index (χ0v) is 18.9. The highest BCUT2D eigenvalue weighted by atomic mass is 32.2. The van der Waals surface area contributed by atoms with Gasteiger partial charge in [0.2, 0.25) is 10.0 Å². The molecule has 1 aliphatic rings. The van der Waals surface area contributed by atoms with Gasteiger partial charge in [-0.3, -0.25) is 4.79 Å². The standard InChI is InChI=1S/C24H32N2O3S/c1-4-19-11-13-20(14-12-19)23(18(2)3)25-24(27)21-9-8-10-22(17-21)30(28,29)26-15-6-5-7-16-26/h8-14,17-18,23H,4-7,15-16H2,1-3H3,(H,25,27). The Labute approximate surface area is 180 Å². The summed E-state index contributed by atoms with van der Waals surface area (Å²) in [5, 5.41) is 3.10. The van der Waals surface area contributed by atoms with Crippen LogP contribution < -0.4 is 5.32 Å². The van der Waals surface area contributed by atoms with E-state index in [1.54, 1.807) is 18.2 Å². The zero-order chi connectivity index (χ0) is 21.7. The molecule has 0 bridgehead atoms. The number of sulfonamides is 1. The molecule has 1 atom stereocenters. The van der Waals surface area contributed by atoms with Crippen molar-refractivity contribution in [1.82, 2.24) is 9.62 Å². The fourth-order valence-corrected chi connectivity index (χ4v) is 5.44. The third-order valence-corrected chi connectivity index (χ3v) is 7.64. The van der Waals surface area contributed by atoms with Crippen LogP contribution in [0.1, 0.15) is 67.6 Å². The molecule has 2 aromatic carbocycles. The van der Waals surface area contributed by atoms with E-state index in [0.717, 1.165) is 31.2 Å². The molecule has 1 unspecified atom stereocenters. The SMILES string of the molecule is CCc1ccc(C(NC(=O)c2cccc(S(=O)(=O)N3CCCCC3)c2)C(C)C)cc1. The maximum Gasteiger partial charge on any atom is 0.251 e. The highest BCUT2D eigenvalue weighted by Gasteiger charge is 2.27. The summed E-state index contributed by atoms with van der Waals surface area (Å²) in [7, 11) is -3.57. The van der Waals surface area contributed by atoms with Crippen molar-refractivity contribution in [2.45, 2.75) is 57.4 Å². The van der Waals surface area contributed by atoms with Gasteiger partial charge < -0.3 is 5.32 Å². The fraction of sp³-hybridized carbons (Fsp3) is 0.458. The number of piperidine rings is 1. The highest BCUT2D eigenvalue weighted by Crippen LogP contribution is 2.24. The maximum atomic E-state index is 13.0. The molecule has 3 rings (SSSR count). The molecule has 1 heterocycles. The number of aryl methyl sites for hydroxylation is 1. The van der Waals surface area contributed by atoms with Crippen LogP contribution in [0.4, 0.5) is 0 Å². The monoisotopic (exact) mass is 428 g/mol. The molecule has 1 N–H and O–H groups in total. The molecule has 0 saturated carbocycles. The summed E-state index contributed by atoms with van der Waals surface area (Å²) in [5.41, 5.74) is 2.67. The zero-order valence-electron chi connectivity index (χ0n) is 18.1. The van der Waals surface area contributed by atoms with Gasteiger partial charge in [0.15, 0.2) is 0 Å². The average molecular weight is 429 g/mol. The first-order chi connectivity index (χ1) is 14.3. The molecule has 5 nitrogen and oxygen atoms in total. The summed E-state index contributed by atoms with van der Waals surface area (Å²) >= 11 is 0. The van der Waals surface area contributed by atoms with E-state index in [0.29, 0.717) is 18.7 Å². The Morgan fingerprint density at radius 3 is 2.30 bits per heavy atom. The number of benzene rings is 2. The van der Waals surface area contributed by atoms with Gasteiger partial charge in [0.1, 0.15) is 0 Å². The third kappa shape index (κ3) is 5.10. The first kappa shape index (κ1) is 22.5. The van der Waals surface area contributed by atoms with Crippen LogP contribution in [0, 0.1) is 5.92 Å². The molecule has 2 aromatic rings. The summed E-state index contributed by atoms with van der Waals surface area (Å²) in [4.78, 5) is 13.2. The number of nitrogens with one attached hydrogen (secondary N) is 1. The van der Waals surface area contributed by atoms with E-state index in [9.17, 15) is 13.2 Å². The van der Waals surface area contributed by atoms with Crippen LogP contribution >= 0.6 is 0 Å². The summed E-state index contributed by atoms with van der Waals surface area (Å²) in [5.74, 6) is -0.0642. The molecule has 1 fully saturated rings. The van der Waals surface area contributed by atoms with Gasteiger partial charge >= 0.3 is 0 Å². The molecular weight excluding hydrogens is 396 g/mol. The molecule has 1 saturated heterocycles. The second kappa shape index (κ2) is 9.75. The normalized spacial score (nSPS) is 16.4. The Morgan fingerprint density at radius 1 is 1.03 bits per heavy atom. The lowest BCUT2D eigenvalue weighted by molar-refractivity contribution is 0.0925. The van der Waals surface area contributed by atoms with Crippen LogP contribution in [0.3, 0.4) is 0 Å². The highest BCUT2D eigenvalue weighted by molar-refractivity contribution is 7.89. The van der Waals surface area contributed by atoms with Gasteiger partial charge in [0.25, 0.3) is 5.91 Å². The lowest BCUT2D eigenvalue weighted by atomic mass is 9.94. The number of carbonyl (C=O) groups excluding carboxylic acids is 1. The van der Waals surface area contributed by atoms with Crippen molar-refractivity contribution in [3.8, 4) is 0 Å². The molecule has 30 heavy (non-hydrogen) atoms. The average Bonchev–Trinajstić information content (AvgIpc) is 2.78. The van der Waals surface area contributed by atoms with Gasteiger partial charge in [-0.2, -0.15) is 4.31 Å². The van der Waals surface area contributed by atoms with E-state index in [2.05, 4.69) is 50.4 Å². The Kier molecular flexibility index (Phi) is 7.32. The van der Waals surface area contributed by atoms with Crippen molar-refractivity contribution in [2.24, 2.45) is 5.92 Å². The van der Waals surface area contributed by atoms with Crippen molar-refractivity contribution in [2.75, 3.05) is 13.1 Å². The van der Waals surface area contributed by atoms with E-state index < -0.39 is 10.0 Å². The lowest BCUT2D eigenvalue weighted by Crippen LogP contribution is -2.36. The number of amides is 1.